The molecule has 0 unspecified atom stereocenters. The zero-order chi connectivity index (χ0) is 13.7. The molecule has 0 amide bonds. The lowest BCUT2D eigenvalue weighted by molar-refractivity contribution is 0.504. The number of allylic oxidation sites excluding steroid dienone is 2. The predicted octanol–water partition coefficient (Wildman–Crippen LogP) is -0.933. The first-order chi connectivity index (χ1) is 8.58. The molecule has 94 valence electrons. The van der Waals surface area contributed by atoms with Crippen molar-refractivity contribution in [3.63, 3.8) is 0 Å². The smallest absolute Gasteiger partial charge is 0.247 e. The van der Waals surface area contributed by atoms with Crippen LogP contribution in [0.25, 0.3) is 0 Å². The minimum atomic E-state index is -0.813. The summed E-state index contributed by atoms with van der Waals surface area (Å²) in [7, 11) is 0. The third-order valence-electron chi connectivity index (χ3n) is 2.24. The first kappa shape index (κ1) is 13.4. The lowest BCUT2D eigenvalue weighted by Crippen LogP contribution is -2.54. The highest BCUT2D eigenvalue weighted by atomic mass is 16.2. The molecular weight excluding hydrogens is 236 g/mol. The van der Waals surface area contributed by atoms with Crippen molar-refractivity contribution in [3.8, 4) is 6.07 Å². The summed E-state index contributed by atoms with van der Waals surface area (Å²) in [6.45, 7) is 6.40. The van der Waals surface area contributed by atoms with Gasteiger partial charge in [-0.05, 0) is 0 Å². The van der Waals surface area contributed by atoms with Crippen LogP contribution in [0.3, 0.4) is 0 Å². The van der Waals surface area contributed by atoms with E-state index in [9.17, 15) is 14.4 Å². The van der Waals surface area contributed by atoms with Crippen LogP contribution in [0.15, 0.2) is 39.7 Å². The monoisotopic (exact) mass is 248 g/mol. The topological polar surface area (TPSA) is 89.8 Å². The average Bonchev–Trinajstić information content (AvgIpc) is 2.35. The van der Waals surface area contributed by atoms with Crippen molar-refractivity contribution < 1.29 is 0 Å². The molecule has 1 aromatic rings. The van der Waals surface area contributed by atoms with Gasteiger partial charge in [-0.3, -0.25) is 0 Å². The molecule has 0 aliphatic carbocycles. The highest BCUT2D eigenvalue weighted by molar-refractivity contribution is 4.86. The van der Waals surface area contributed by atoms with Crippen LogP contribution < -0.4 is 17.1 Å². The van der Waals surface area contributed by atoms with E-state index < -0.39 is 23.6 Å². The van der Waals surface area contributed by atoms with E-state index in [1.807, 2.05) is 0 Å². The van der Waals surface area contributed by atoms with Crippen LogP contribution in [0.2, 0.25) is 0 Å². The minimum Gasteiger partial charge on any atom is -0.247 e. The first-order valence-corrected chi connectivity index (χ1v) is 5.11. The van der Waals surface area contributed by atoms with Crippen molar-refractivity contribution in [1.82, 2.24) is 13.7 Å². The second-order valence-corrected chi connectivity index (χ2v) is 3.39. The van der Waals surface area contributed by atoms with Gasteiger partial charge in [0, 0.05) is 0 Å². The second kappa shape index (κ2) is 5.63. The third kappa shape index (κ3) is 2.22. The Labute approximate surface area is 102 Å². The number of hydrogen-bond acceptors (Lipinski definition) is 4. The van der Waals surface area contributed by atoms with E-state index in [2.05, 4.69) is 13.2 Å². The molecule has 0 aliphatic heterocycles. The van der Waals surface area contributed by atoms with Crippen LogP contribution in [0, 0.1) is 11.3 Å². The number of rotatable bonds is 5. The largest absolute Gasteiger partial charge is 0.337 e. The van der Waals surface area contributed by atoms with Crippen LogP contribution in [0.4, 0.5) is 0 Å². The lowest BCUT2D eigenvalue weighted by atomic mass is 10.5. The maximum atomic E-state index is 11.9. The Morgan fingerprint density at radius 1 is 0.944 bits per heavy atom. The molecule has 1 rings (SSSR count). The molecule has 7 nitrogen and oxygen atoms in total. The van der Waals surface area contributed by atoms with Gasteiger partial charge in [0.25, 0.3) is 0 Å². The maximum absolute atomic E-state index is 11.9. The van der Waals surface area contributed by atoms with Gasteiger partial charge in [0.05, 0.1) is 19.2 Å². The molecule has 0 aromatic carbocycles. The molecule has 0 saturated carbocycles. The Morgan fingerprint density at radius 2 is 1.33 bits per heavy atom. The summed E-state index contributed by atoms with van der Waals surface area (Å²) in [6.07, 6.45) is 2.73. The van der Waals surface area contributed by atoms with Gasteiger partial charge in [0.1, 0.15) is 6.54 Å². The van der Waals surface area contributed by atoms with Crippen molar-refractivity contribution in [2.75, 3.05) is 0 Å². The van der Waals surface area contributed by atoms with Crippen LogP contribution >= 0.6 is 0 Å². The van der Waals surface area contributed by atoms with Crippen molar-refractivity contribution in [1.29, 1.82) is 5.26 Å². The van der Waals surface area contributed by atoms with Gasteiger partial charge in [-0.15, -0.1) is 13.2 Å². The van der Waals surface area contributed by atoms with Gasteiger partial charge in [-0.2, -0.15) is 5.26 Å². The van der Waals surface area contributed by atoms with Gasteiger partial charge in [-0.25, -0.2) is 28.1 Å². The highest BCUT2D eigenvalue weighted by Gasteiger charge is 2.13. The highest BCUT2D eigenvalue weighted by Crippen LogP contribution is 1.78. The summed E-state index contributed by atoms with van der Waals surface area (Å²) in [5, 5.41) is 8.59. The van der Waals surface area contributed by atoms with Crippen molar-refractivity contribution in [3.05, 3.63) is 56.8 Å². The normalized spacial score (nSPS) is 9.72. The minimum absolute atomic E-state index is 0.0273. The van der Waals surface area contributed by atoms with Crippen LogP contribution in [0.5, 0.6) is 0 Å². The molecule has 0 aliphatic rings. The molecule has 0 atom stereocenters. The van der Waals surface area contributed by atoms with Crippen molar-refractivity contribution >= 4 is 0 Å². The zero-order valence-electron chi connectivity index (χ0n) is 9.70. The van der Waals surface area contributed by atoms with Crippen LogP contribution in [-0.4, -0.2) is 13.7 Å². The quantitative estimate of drug-likeness (QED) is 0.629. The molecular formula is C11H12N4O3. The fourth-order valence-electron chi connectivity index (χ4n) is 1.46. The predicted molar refractivity (Wildman–Crippen MR) is 65.2 cm³/mol. The molecule has 1 heterocycles. The van der Waals surface area contributed by atoms with Crippen molar-refractivity contribution in [2.45, 2.75) is 19.6 Å². The Hall–Kier alpha value is -2.62. The van der Waals surface area contributed by atoms with Crippen LogP contribution in [-0.2, 0) is 19.6 Å². The Morgan fingerprint density at radius 3 is 1.67 bits per heavy atom. The average molecular weight is 248 g/mol. The first-order valence-electron chi connectivity index (χ1n) is 5.11. The fraction of sp³-hybridized carbons (Fsp3) is 0.273. The van der Waals surface area contributed by atoms with E-state index in [0.717, 1.165) is 9.13 Å². The van der Waals surface area contributed by atoms with E-state index in [4.69, 9.17) is 5.26 Å². The Balaban J connectivity index is 3.76. The Kier molecular flexibility index (Phi) is 4.21. The van der Waals surface area contributed by atoms with Gasteiger partial charge in [-0.1, -0.05) is 12.2 Å². The number of hydrogen-bond donors (Lipinski definition) is 0. The van der Waals surface area contributed by atoms with Gasteiger partial charge in [0.15, 0.2) is 0 Å². The summed E-state index contributed by atoms with van der Waals surface area (Å²) >= 11 is 0. The molecule has 0 fully saturated rings. The van der Waals surface area contributed by atoms with Gasteiger partial charge >= 0.3 is 17.1 Å². The van der Waals surface area contributed by atoms with E-state index in [1.54, 1.807) is 6.07 Å². The van der Waals surface area contributed by atoms with E-state index >= 15 is 0 Å². The second-order valence-electron chi connectivity index (χ2n) is 3.39. The molecule has 0 saturated heterocycles. The number of aromatic nitrogens is 3. The molecule has 0 N–H and O–H groups in total. The standard InChI is InChI=1S/C11H12N4O3/c1-3-6-13-9(16)14(7-4-2)11(18)15(8-5-12)10(13)17/h3-4H,1-2,6-8H2. The molecule has 0 radical (unpaired) electrons. The molecule has 1 aromatic heterocycles. The maximum Gasteiger partial charge on any atom is 0.337 e. The molecule has 18 heavy (non-hydrogen) atoms. The van der Waals surface area contributed by atoms with Gasteiger partial charge in [0.2, 0.25) is 0 Å². The van der Waals surface area contributed by atoms with E-state index in [1.165, 1.54) is 12.2 Å². The van der Waals surface area contributed by atoms with Crippen molar-refractivity contribution in [2.24, 2.45) is 0 Å². The Bertz CT molecular complexity index is 636. The summed E-state index contributed by atoms with van der Waals surface area (Å²) in [5.41, 5.74) is -2.36. The fourth-order valence-corrected chi connectivity index (χ4v) is 1.46. The number of nitriles is 1. The van der Waals surface area contributed by atoms with Gasteiger partial charge < -0.3 is 0 Å². The third-order valence-corrected chi connectivity index (χ3v) is 2.24. The van der Waals surface area contributed by atoms with E-state index in [-0.39, 0.29) is 13.1 Å². The zero-order valence-corrected chi connectivity index (χ0v) is 9.70. The lowest BCUT2D eigenvalue weighted by Gasteiger charge is -2.09. The SMILES string of the molecule is C=CCn1c(=O)n(CC#N)c(=O)n(CC=C)c1=O. The summed E-state index contributed by atoms with van der Waals surface area (Å²) in [5.74, 6) is 0. The van der Waals surface area contributed by atoms with E-state index in [0.29, 0.717) is 4.57 Å². The molecule has 7 heteroatoms. The summed E-state index contributed by atoms with van der Waals surface area (Å²) in [4.78, 5) is 35.6. The van der Waals surface area contributed by atoms with Crippen LogP contribution in [0.1, 0.15) is 0 Å². The summed E-state index contributed by atoms with van der Waals surface area (Å²) in [6, 6.07) is 1.71. The molecule has 0 bridgehead atoms. The molecule has 0 spiro atoms. The number of nitrogens with zero attached hydrogens (tertiary/aromatic N) is 4. The summed E-state index contributed by atoms with van der Waals surface area (Å²) < 4.78 is 2.39.